The van der Waals surface area contributed by atoms with Gasteiger partial charge in [-0.3, -0.25) is 9.69 Å². The Morgan fingerprint density at radius 1 is 1.36 bits per heavy atom. The summed E-state index contributed by atoms with van der Waals surface area (Å²) < 4.78 is 0. The Labute approximate surface area is 90.9 Å². The average molecular weight is 220 g/mol. The largest absolute Gasteiger partial charge is 0.480 e. The Balaban J connectivity index is 0.000000980. The molecule has 2 aliphatic rings. The molecule has 1 N–H and O–H groups in total. The summed E-state index contributed by atoms with van der Waals surface area (Å²) in [7, 11) is 1.97. The van der Waals surface area contributed by atoms with Crippen LogP contribution >= 0.6 is 12.4 Å². The van der Waals surface area contributed by atoms with Gasteiger partial charge in [0.1, 0.15) is 6.04 Å². The van der Waals surface area contributed by atoms with Crippen LogP contribution in [0, 0.1) is 5.92 Å². The minimum absolute atomic E-state index is 0. The molecule has 0 aromatic rings. The van der Waals surface area contributed by atoms with Gasteiger partial charge in [0.25, 0.3) is 0 Å². The van der Waals surface area contributed by atoms with Gasteiger partial charge in [0, 0.05) is 6.04 Å². The zero-order chi connectivity index (χ0) is 9.42. The van der Waals surface area contributed by atoms with E-state index in [0.29, 0.717) is 12.0 Å². The van der Waals surface area contributed by atoms with Crippen molar-refractivity contribution in [1.29, 1.82) is 0 Å². The molecule has 0 aromatic carbocycles. The maximum Gasteiger partial charge on any atom is 0.320 e. The Bertz CT molecular complexity index is 222. The number of hydrogen-bond acceptors (Lipinski definition) is 2. The molecule has 0 radical (unpaired) electrons. The highest BCUT2D eigenvalue weighted by molar-refractivity contribution is 5.85. The fourth-order valence-corrected chi connectivity index (χ4v) is 2.96. The standard InChI is InChI=1S/C10H17NO2.ClH/c1-11-8-5-3-2-4-7(8)6-9(11)10(12)13;/h7-9H,2-6H2,1H3,(H,12,13);1H/t7-,8-,9-;/m0./s1. The topological polar surface area (TPSA) is 40.5 Å². The molecule has 0 amide bonds. The molecule has 3 nitrogen and oxygen atoms in total. The van der Waals surface area contributed by atoms with E-state index in [-0.39, 0.29) is 18.4 Å². The van der Waals surface area contributed by atoms with Crippen LogP contribution in [0.3, 0.4) is 0 Å². The highest BCUT2D eigenvalue weighted by Crippen LogP contribution is 2.38. The number of carboxylic acids is 1. The smallest absolute Gasteiger partial charge is 0.320 e. The summed E-state index contributed by atoms with van der Waals surface area (Å²) in [6, 6.07) is 0.336. The number of nitrogens with zero attached hydrogens (tertiary/aromatic N) is 1. The first-order chi connectivity index (χ1) is 6.20. The van der Waals surface area contributed by atoms with Crippen molar-refractivity contribution < 1.29 is 9.90 Å². The van der Waals surface area contributed by atoms with Crippen LogP contribution in [0.15, 0.2) is 0 Å². The van der Waals surface area contributed by atoms with Gasteiger partial charge in [-0.1, -0.05) is 12.8 Å². The highest BCUT2D eigenvalue weighted by atomic mass is 35.5. The average Bonchev–Trinajstić information content (AvgIpc) is 2.45. The molecule has 4 heteroatoms. The molecule has 2 rings (SSSR count). The van der Waals surface area contributed by atoms with E-state index >= 15 is 0 Å². The van der Waals surface area contributed by atoms with Crippen molar-refractivity contribution in [3.8, 4) is 0 Å². The van der Waals surface area contributed by atoms with Gasteiger partial charge >= 0.3 is 5.97 Å². The maximum atomic E-state index is 10.9. The highest BCUT2D eigenvalue weighted by Gasteiger charge is 2.42. The first-order valence-electron chi connectivity index (χ1n) is 5.15. The fraction of sp³-hybridized carbons (Fsp3) is 0.900. The zero-order valence-electron chi connectivity index (χ0n) is 8.48. The number of halogens is 1. The number of hydrogen-bond donors (Lipinski definition) is 1. The lowest BCUT2D eigenvalue weighted by molar-refractivity contribution is -0.142. The van der Waals surface area contributed by atoms with Crippen molar-refractivity contribution in [2.24, 2.45) is 5.92 Å². The third-order valence-electron chi connectivity index (χ3n) is 3.69. The molecule has 1 saturated carbocycles. The molecule has 1 aliphatic carbocycles. The number of likely N-dealkylation sites (tertiary alicyclic amines) is 1. The van der Waals surface area contributed by atoms with Crippen molar-refractivity contribution in [1.82, 2.24) is 4.90 Å². The Morgan fingerprint density at radius 2 is 2.00 bits per heavy atom. The lowest BCUT2D eigenvalue weighted by Crippen LogP contribution is -2.38. The van der Waals surface area contributed by atoms with Crippen LogP contribution in [0.1, 0.15) is 32.1 Å². The van der Waals surface area contributed by atoms with E-state index in [1.807, 2.05) is 7.05 Å². The number of aliphatic carboxylic acids is 1. The summed E-state index contributed by atoms with van der Waals surface area (Å²) in [6.07, 6.45) is 5.87. The first kappa shape index (κ1) is 11.8. The van der Waals surface area contributed by atoms with Crippen LogP contribution in [0.4, 0.5) is 0 Å². The second-order valence-electron chi connectivity index (χ2n) is 4.37. The monoisotopic (exact) mass is 219 g/mol. The molecular weight excluding hydrogens is 202 g/mol. The summed E-state index contributed by atoms with van der Waals surface area (Å²) in [5.41, 5.74) is 0. The summed E-state index contributed by atoms with van der Waals surface area (Å²) in [5, 5.41) is 8.99. The third kappa shape index (κ3) is 1.89. The van der Waals surface area contributed by atoms with Crippen LogP contribution in [0.25, 0.3) is 0 Å². The van der Waals surface area contributed by atoms with Crippen LogP contribution in [0.5, 0.6) is 0 Å². The molecular formula is C10H18ClNO2. The second kappa shape index (κ2) is 4.49. The van der Waals surface area contributed by atoms with Crippen LogP contribution in [0.2, 0.25) is 0 Å². The van der Waals surface area contributed by atoms with Crippen molar-refractivity contribution in [3.05, 3.63) is 0 Å². The molecule has 1 aliphatic heterocycles. The van der Waals surface area contributed by atoms with E-state index in [1.165, 1.54) is 25.7 Å². The fourth-order valence-electron chi connectivity index (χ4n) is 2.96. The van der Waals surface area contributed by atoms with Gasteiger partial charge < -0.3 is 5.11 Å². The van der Waals surface area contributed by atoms with Gasteiger partial charge in [-0.15, -0.1) is 12.4 Å². The lowest BCUT2D eigenvalue weighted by Gasteiger charge is -2.29. The van der Waals surface area contributed by atoms with Gasteiger partial charge in [0.15, 0.2) is 0 Å². The summed E-state index contributed by atoms with van der Waals surface area (Å²) in [6.45, 7) is 0. The number of carboxylic acid groups (broad SMARTS) is 1. The van der Waals surface area contributed by atoms with Crippen LogP contribution in [-0.4, -0.2) is 35.1 Å². The quantitative estimate of drug-likeness (QED) is 0.731. The van der Waals surface area contributed by atoms with Crippen molar-refractivity contribution in [2.75, 3.05) is 7.05 Å². The van der Waals surface area contributed by atoms with Crippen molar-refractivity contribution in [3.63, 3.8) is 0 Å². The number of carbonyl (C=O) groups is 1. The van der Waals surface area contributed by atoms with Crippen LogP contribution in [-0.2, 0) is 4.79 Å². The summed E-state index contributed by atoms with van der Waals surface area (Å²) in [4.78, 5) is 13.0. The predicted molar refractivity (Wildman–Crippen MR) is 56.8 cm³/mol. The molecule has 82 valence electrons. The Kier molecular flexibility index (Phi) is 3.78. The van der Waals surface area contributed by atoms with Crippen molar-refractivity contribution >= 4 is 18.4 Å². The molecule has 0 unspecified atom stereocenters. The second-order valence-corrected chi connectivity index (χ2v) is 4.37. The van der Waals surface area contributed by atoms with E-state index in [4.69, 9.17) is 5.11 Å². The molecule has 0 bridgehead atoms. The lowest BCUT2D eigenvalue weighted by atomic mass is 9.85. The van der Waals surface area contributed by atoms with Gasteiger partial charge in [-0.25, -0.2) is 0 Å². The summed E-state index contributed by atoms with van der Waals surface area (Å²) >= 11 is 0. The molecule has 14 heavy (non-hydrogen) atoms. The van der Waals surface area contributed by atoms with Gasteiger partial charge in [-0.05, 0) is 32.2 Å². The molecule has 0 aromatic heterocycles. The zero-order valence-corrected chi connectivity index (χ0v) is 9.30. The third-order valence-corrected chi connectivity index (χ3v) is 3.69. The number of likely N-dealkylation sites (N-methyl/N-ethyl adjacent to an activating group) is 1. The van der Waals surface area contributed by atoms with E-state index in [0.717, 1.165) is 6.42 Å². The van der Waals surface area contributed by atoms with Gasteiger partial charge in [0.2, 0.25) is 0 Å². The number of rotatable bonds is 1. The molecule has 1 heterocycles. The maximum absolute atomic E-state index is 10.9. The first-order valence-corrected chi connectivity index (χ1v) is 5.15. The van der Waals surface area contributed by atoms with Crippen LogP contribution < -0.4 is 0 Å². The summed E-state index contributed by atoms with van der Waals surface area (Å²) in [5.74, 6) is 0.0109. The van der Waals surface area contributed by atoms with Gasteiger partial charge in [-0.2, -0.15) is 0 Å². The SMILES string of the molecule is CN1[C@H](C(=O)O)C[C@@H]2CCCC[C@@H]21.Cl. The van der Waals surface area contributed by atoms with E-state index in [1.54, 1.807) is 0 Å². The molecule has 3 atom stereocenters. The van der Waals surface area contributed by atoms with E-state index < -0.39 is 5.97 Å². The van der Waals surface area contributed by atoms with Gasteiger partial charge in [0.05, 0.1) is 0 Å². The predicted octanol–water partition coefficient (Wildman–Crippen LogP) is 1.76. The molecule has 0 spiro atoms. The normalized spacial score (nSPS) is 37.4. The minimum atomic E-state index is -0.642. The van der Waals surface area contributed by atoms with E-state index in [2.05, 4.69) is 4.90 Å². The minimum Gasteiger partial charge on any atom is -0.480 e. The molecule has 2 fully saturated rings. The molecule has 1 saturated heterocycles. The van der Waals surface area contributed by atoms with Crippen molar-refractivity contribution in [2.45, 2.75) is 44.2 Å². The van der Waals surface area contributed by atoms with E-state index in [9.17, 15) is 4.79 Å². The Hall–Kier alpha value is -0.280. The number of fused-ring (bicyclic) bond motifs is 1. The Morgan fingerprint density at radius 3 is 2.57 bits per heavy atom.